The Morgan fingerprint density at radius 2 is 1.41 bits per heavy atom. The lowest BCUT2D eigenvalue weighted by Crippen LogP contribution is -1.85. The van der Waals surface area contributed by atoms with Gasteiger partial charge in [0.2, 0.25) is 0 Å². The van der Waals surface area contributed by atoms with Crippen molar-refractivity contribution in [3.8, 4) is 0 Å². The van der Waals surface area contributed by atoms with Gasteiger partial charge in [0.15, 0.2) is 0 Å². The largest absolute Gasteiger partial charge is 0.0620 e. The summed E-state index contributed by atoms with van der Waals surface area (Å²) in [4.78, 5) is 0. The van der Waals surface area contributed by atoms with Gasteiger partial charge in [0.1, 0.15) is 0 Å². The van der Waals surface area contributed by atoms with Gasteiger partial charge in [-0.15, -0.1) is 0 Å². The van der Waals surface area contributed by atoms with E-state index in [9.17, 15) is 0 Å². The molecule has 0 bridgehead atoms. The minimum Gasteiger partial charge on any atom is -0.0620 e. The average Bonchev–Trinajstić information content (AvgIpc) is 2.38. The van der Waals surface area contributed by atoms with E-state index in [1.807, 2.05) is 0 Å². The SMILES string of the molecule is CCc1ccccc1/C=C/c1ccccc1C. The van der Waals surface area contributed by atoms with Gasteiger partial charge in [-0.2, -0.15) is 0 Å². The molecule has 0 aliphatic heterocycles. The zero-order valence-corrected chi connectivity index (χ0v) is 10.5. The highest BCUT2D eigenvalue weighted by Gasteiger charge is 1.96. The van der Waals surface area contributed by atoms with E-state index in [2.05, 4.69) is 74.5 Å². The summed E-state index contributed by atoms with van der Waals surface area (Å²) in [5, 5.41) is 0. The van der Waals surface area contributed by atoms with Crippen molar-refractivity contribution in [2.45, 2.75) is 20.3 Å². The van der Waals surface area contributed by atoms with Crippen LogP contribution in [-0.4, -0.2) is 0 Å². The van der Waals surface area contributed by atoms with Crippen molar-refractivity contribution in [1.29, 1.82) is 0 Å². The topological polar surface area (TPSA) is 0 Å². The van der Waals surface area contributed by atoms with Crippen LogP contribution in [0.3, 0.4) is 0 Å². The fraction of sp³-hybridized carbons (Fsp3) is 0.176. The van der Waals surface area contributed by atoms with Crippen LogP contribution < -0.4 is 0 Å². The highest BCUT2D eigenvalue weighted by molar-refractivity contribution is 5.72. The van der Waals surface area contributed by atoms with Crippen LogP contribution in [-0.2, 0) is 6.42 Å². The van der Waals surface area contributed by atoms with Crippen molar-refractivity contribution in [3.63, 3.8) is 0 Å². The van der Waals surface area contributed by atoms with E-state index in [0.29, 0.717) is 0 Å². The van der Waals surface area contributed by atoms with Gasteiger partial charge in [-0.25, -0.2) is 0 Å². The second kappa shape index (κ2) is 5.49. The maximum absolute atomic E-state index is 2.21. The molecule has 86 valence electrons. The van der Waals surface area contributed by atoms with Crippen LogP contribution in [0.4, 0.5) is 0 Å². The second-order valence-corrected chi connectivity index (χ2v) is 4.24. The van der Waals surface area contributed by atoms with E-state index in [1.54, 1.807) is 0 Å². The van der Waals surface area contributed by atoms with Crippen molar-refractivity contribution in [1.82, 2.24) is 0 Å². The Balaban J connectivity index is 2.29. The van der Waals surface area contributed by atoms with Crippen molar-refractivity contribution in [2.24, 2.45) is 0 Å². The van der Waals surface area contributed by atoms with Gasteiger partial charge in [0.05, 0.1) is 0 Å². The minimum absolute atomic E-state index is 1.08. The second-order valence-electron chi connectivity index (χ2n) is 4.24. The Labute approximate surface area is 104 Å². The zero-order chi connectivity index (χ0) is 12.1. The van der Waals surface area contributed by atoms with Crippen LogP contribution in [0.5, 0.6) is 0 Å². The number of hydrogen-bond acceptors (Lipinski definition) is 0. The molecule has 0 saturated carbocycles. The number of benzene rings is 2. The Bertz CT molecular complexity index is 521. The van der Waals surface area contributed by atoms with Gasteiger partial charge in [-0.05, 0) is 35.6 Å². The molecule has 0 fully saturated rings. The predicted molar refractivity (Wildman–Crippen MR) is 75.9 cm³/mol. The van der Waals surface area contributed by atoms with Crippen molar-refractivity contribution >= 4 is 12.2 Å². The van der Waals surface area contributed by atoms with Crippen LogP contribution in [0.25, 0.3) is 12.2 Å². The van der Waals surface area contributed by atoms with Crippen LogP contribution in [0.15, 0.2) is 48.5 Å². The Hall–Kier alpha value is -1.82. The molecular formula is C17H18. The number of rotatable bonds is 3. The predicted octanol–water partition coefficient (Wildman–Crippen LogP) is 4.73. The van der Waals surface area contributed by atoms with Crippen molar-refractivity contribution in [3.05, 3.63) is 70.8 Å². The first kappa shape index (κ1) is 11.7. The lowest BCUT2D eigenvalue weighted by Gasteiger charge is -2.03. The molecule has 0 N–H and O–H groups in total. The maximum atomic E-state index is 2.21. The molecule has 0 aromatic heterocycles. The minimum atomic E-state index is 1.08. The summed E-state index contributed by atoms with van der Waals surface area (Å²) < 4.78 is 0. The molecule has 0 heterocycles. The van der Waals surface area contributed by atoms with E-state index in [1.165, 1.54) is 22.3 Å². The first-order valence-electron chi connectivity index (χ1n) is 6.13. The number of aryl methyl sites for hydroxylation is 2. The van der Waals surface area contributed by atoms with Crippen molar-refractivity contribution in [2.75, 3.05) is 0 Å². The van der Waals surface area contributed by atoms with E-state index in [4.69, 9.17) is 0 Å². The molecule has 0 unspecified atom stereocenters. The quantitative estimate of drug-likeness (QED) is 0.659. The highest BCUT2D eigenvalue weighted by Crippen LogP contribution is 2.15. The van der Waals surface area contributed by atoms with E-state index in [0.717, 1.165) is 6.42 Å². The normalized spacial score (nSPS) is 10.9. The first-order chi connectivity index (χ1) is 8.31. The third-order valence-corrected chi connectivity index (χ3v) is 3.07. The van der Waals surface area contributed by atoms with Gasteiger partial charge in [-0.1, -0.05) is 67.6 Å². The molecule has 17 heavy (non-hydrogen) atoms. The molecule has 2 rings (SSSR count). The number of hydrogen-bond donors (Lipinski definition) is 0. The summed E-state index contributed by atoms with van der Waals surface area (Å²) in [6.45, 7) is 4.34. The van der Waals surface area contributed by atoms with Gasteiger partial charge in [-0.3, -0.25) is 0 Å². The standard InChI is InChI=1S/C17H18/c1-3-15-9-6-7-11-17(15)13-12-16-10-5-4-8-14(16)2/h4-13H,3H2,1-2H3/b13-12+. The first-order valence-corrected chi connectivity index (χ1v) is 6.13. The third-order valence-electron chi connectivity index (χ3n) is 3.07. The molecule has 0 aliphatic carbocycles. The molecule has 0 amide bonds. The molecule has 0 nitrogen and oxygen atoms in total. The lowest BCUT2D eigenvalue weighted by atomic mass is 10.0. The fourth-order valence-corrected chi connectivity index (χ4v) is 1.97. The maximum Gasteiger partial charge on any atom is -0.0224 e. The van der Waals surface area contributed by atoms with E-state index >= 15 is 0 Å². The summed E-state index contributed by atoms with van der Waals surface area (Å²) >= 11 is 0. The van der Waals surface area contributed by atoms with Gasteiger partial charge in [0.25, 0.3) is 0 Å². The summed E-state index contributed by atoms with van der Waals surface area (Å²) in [6, 6.07) is 17.0. The fourth-order valence-electron chi connectivity index (χ4n) is 1.97. The molecule has 0 atom stereocenters. The van der Waals surface area contributed by atoms with Crippen LogP contribution >= 0.6 is 0 Å². The summed E-state index contributed by atoms with van der Waals surface area (Å²) in [6.07, 6.45) is 5.49. The molecule has 0 spiro atoms. The Kier molecular flexibility index (Phi) is 3.77. The molecule has 0 heteroatoms. The monoisotopic (exact) mass is 222 g/mol. The molecule has 2 aromatic carbocycles. The summed E-state index contributed by atoms with van der Waals surface area (Å²) in [7, 11) is 0. The van der Waals surface area contributed by atoms with Gasteiger partial charge >= 0.3 is 0 Å². The Morgan fingerprint density at radius 1 is 0.824 bits per heavy atom. The highest BCUT2D eigenvalue weighted by atomic mass is 14.0. The molecule has 0 aliphatic rings. The third kappa shape index (κ3) is 2.85. The van der Waals surface area contributed by atoms with Gasteiger partial charge < -0.3 is 0 Å². The van der Waals surface area contributed by atoms with E-state index in [-0.39, 0.29) is 0 Å². The van der Waals surface area contributed by atoms with Gasteiger partial charge in [0, 0.05) is 0 Å². The summed E-state index contributed by atoms with van der Waals surface area (Å²) in [5.41, 5.74) is 5.33. The molecule has 2 aromatic rings. The average molecular weight is 222 g/mol. The van der Waals surface area contributed by atoms with Crippen LogP contribution in [0.1, 0.15) is 29.2 Å². The van der Waals surface area contributed by atoms with Crippen LogP contribution in [0, 0.1) is 6.92 Å². The van der Waals surface area contributed by atoms with Crippen LogP contribution in [0.2, 0.25) is 0 Å². The zero-order valence-electron chi connectivity index (χ0n) is 10.5. The van der Waals surface area contributed by atoms with Crippen molar-refractivity contribution < 1.29 is 0 Å². The Morgan fingerprint density at radius 3 is 2.12 bits per heavy atom. The summed E-state index contributed by atoms with van der Waals surface area (Å²) in [5.74, 6) is 0. The molecular weight excluding hydrogens is 204 g/mol. The lowest BCUT2D eigenvalue weighted by molar-refractivity contribution is 1.13. The van der Waals surface area contributed by atoms with E-state index < -0.39 is 0 Å². The molecule has 0 saturated heterocycles. The molecule has 0 radical (unpaired) electrons. The smallest absolute Gasteiger partial charge is 0.0224 e.